The average Bonchev–Trinajstić information content (AvgIpc) is 3.39. The minimum absolute atomic E-state index is 0.155. The van der Waals surface area contributed by atoms with Gasteiger partial charge < -0.3 is 4.74 Å². The molecule has 1 unspecified atom stereocenters. The zero-order valence-electron chi connectivity index (χ0n) is 15.3. The van der Waals surface area contributed by atoms with Crippen LogP contribution in [0.15, 0.2) is 59.5 Å². The second kappa shape index (κ2) is 9.32. The monoisotopic (exact) mass is 411 g/mol. The van der Waals surface area contributed by atoms with E-state index in [1.807, 2.05) is 42.5 Å². The Bertz CT molecular complexity index is 924. The lowest BCUT2D eigenvalue weighted by Crippen LogP contribution is -2.14. The number of thioether (sulfide) groups is 1. The minimum Gasteiger partial charge on any atom is -0.377 e. The normalized spacial score (nSPS) is 16.2. The molecular formula is C21H21N3O2S2. The number of carbonyl (C=O) groups excluding carboxylic acids is 1. The minimum atomic E-state index is -0.155. The number of anilines is 1. The maximum absolute atomic E-state index is 12.8. The lowest BCUT2D eigenvalue weighted by Gasteiger charge is -2.11. The van der Waals surface area contributed by atoms with E-state index in [2.05, 4.69) is 27.6 Å². The Labute approximate surface area is 172 Å². The molecule has 1 aromatic heterocycles. The fraction of sp³-hybridized carbons (Fsp3) is 0.286. The van der Waals surface area contributed by atoms with Gasteiger partial charge in [-0.05, 0) is 30.5 Å². The van der Waals surface area contributed by atoms with Crippen LogP contribution < -0.4 is 5.32 Å². The summed E-state index contributed by atoms with van der Waals surface area (Å²) in [6.45, 7) is 0.843. The van der Waals surface area contributed by atoms with Crippen LogP contribution in [0.25, 0.3) is 0 Å². The van der Waals surface area contributed by atoms with E-state index in [0.29, 0.717) is 17.1 Å². The first-order chi connectivity index (χ1) is 13.8. The average molecular weight is 412 g/mol. The number of hydrogen-bond donors (Lipinski definition) is 1. The summed E-state index contributed by atoms with van der Waals surface area (Å²) in [5.74, 6) is 0.711. The summed E-state index contributed by atoms with van der Waals surface area (Å²) in [5, 5.41) is 12.6. The first-order valence-corrected chi connectivity index (χ1v) is 11.1. The van der Waals surface area contributed by atoms with Crippen LogP contribution in [0.5, 0.6) is 0 Å². The molecule has 0 bridgehead atoms. The summed E-state index contributed by atoms with van der Waals surface area (Å²) in [6.07, 6.45) is 3.21. The van der Waals surface area contributed by atoms with Crippen LogP contribution in [0.1, 0.15) is 33.8 Å². The van der Waals surface area contributed by atoms with E-state index < -0.39 is 0 Å². The Hall–Kier alpha value is -2.22. The van der Waals surface area contributed by atoms with Crippen LogP contribution in [0.2, 0.25) is 0 Å². The molecule has 144 valence electrons. The van der Waals surface area contributed by atoms with Gasteiger partial charge in [-0.25, -0.2) is 0 Å². The molecule has 1 amide bonds. The van der Waals surface area contributed by atoms with Crippen LogP contribution in [0.4, 0.5) is 5.13 Å². The zero-order chi connectivity index (χ0) is 19.2. The number of hydrogen-bond acceptors (Lipinski definition) is 6. The van der Waals surface area contributed by atoms with Gasteiger partial charge in [0.15, 0.2) is 0 Å². The van der Waals surface area contributed by atoms with Crippen LogP contribution >= 0.6 is 23.1 Å². The van der Waals surface area contributed by atoms with Crippen LogP contribution in [-0.4, -0.2) is 34.6 Å². The van der Waals surface area contributed by atoms with Gasteiger partial charge in [-0.2, -0.15) is 0 Å². The van der Waals surface area contributed by atoms with Crippen molar-refractivity contribution < 1.29 is 9.53 Å². The van der Waals surface area contributed by atoms with Crippen molar-refractivity contribution in [2.45, 2.75) is 30.3 Å². The third-order valence-corrected chi connectivity index (χ3v) is 6.51. The Kier molecular flexibility index (Phi) is 6.36. The summed E-state index contributed by atoms with van der Waals surface area (Å²) < 4.78 is 5.68. The predicted octanol–water partition coefficient (Wildman–Crippen LogP) is 4.65. The van der Waals surface area contributed by atoms with E-state index in [0.717, 1.165) is 35.1 Å². The topological polar surface area (TPSA) is 64.1 Å². The molecule has 0 radical (unpaired) electrons. The highest BCUT2D eigenvalue weighted by atomic mass is 32.2. The number of nitrogens with one attached hydrogen (secondary N) is 1. The number of rotatable bonds is 7. The van der Waals surface area contributed by atoms with Gasteiger partial charge in [0.25, 0.3) is 5.91 Å². The largest absolute Gasteiger partial charge is 0.377 e. The number of carbonyl (C=O) groups is 1. The third kappa shape index (κ3) is 4.98. The van der Waals surface area contributed by atoms with E-state index >= 15 is 0 Å². The molecule has 1 atom stereocenters. The summed E-state index contributed by atoms with van der Waals surface area (Å²) in [7, 11) is 0. The molecule has 1 fully saturated rings. The Morgan fingerprint density at radius 2 is 1.96 bits per heavy atom. The van der Waals surface area contributed by atoms with Gasteiger partial charge in [0.1, 0.15) is 5.01 Å². The molecule has 1 N–H and O–H groups in total. The lowest BCUT2D eigenvalue weighted by atomic mass is 10.2. The Morgan fingerprint density at radius 3 is 2.79 bits per heavy atom. The maximum Gasteiger partial charge on any atom is 0.258 e. The molecule has 1 aliphatic heterocycles. The summed E-state index contributed by atoms with van der Waals surface area (Å²) in [5.41, 5.74) is 1.83. The van der Waals surface area contributed by atoms with E-state index in [9.17, 15) is 4.79 Å². The van der Waals surface area contributed by atoms with E-state index in [1.54, 1.807) is 11.8 Å². The molecule has 1 saturated heterocycles. The highest BCUT2D eigenvalue weighted by Gasteiger charge is 2.18. The number of aromatic nitrogens is 2. The second-order valence-corrected chi connectivity index (χ2v) is 8.68. The summed E-state index contributed by atoms with van der Waals surface area (Å²) in [6, 6.07) is 17.8. The molecule has 28 heavy (non-hydrogen) atoms. The second-order valence-electron chi connectivity index (χ2n) is 6.56. The van der Waals surface area contributed by atoms with Crippen molar-refractivity contribution in [3.63, 3.8) is 0 Å². The maximum atomic E-state index is 12.8. The predicted molar refractivity (Wildman–Crippen MR) is 113 cm³/mol. The standard InChI is InChI=1S/C21H21N3O2S2/c25-20(17-10-4-5-11-18(17)27-14-16-9-6-12-26-16)22-21-24-23-19(28-21)13-15-7-2-1-3-8-15/h1-5,7-8,10-11,16H,6,9,12-14H2,(H,22,24,25). The molecule has 3 aromatic rings. The van der Waals surface area contributed by atoms with Crippen molar-refractivity contribution >= 4 is 34.1 Å². The number of amides is 1. The smallest absolute Gasteiger partial charge is 0.258 e. The van der Waals surface area contributed by atoms with Crippen molar-refractivity contribution in [1.29, 1.82) is 0 Å². The molecule has 2 heterocycles. The fourth-order valence-electron chi connectivity index (χ4n) is 3.05. The van der Waals surface area contributed by atoms with Gasteiger partial charge in [0.2, 0.25) is 5.13 Å². The summed E-state index contributed by atoms with van der Waals surface area (Å²) in [4.78, 5) is 13.7. The zero-order valence-corrected chi connectivity index (χ0v) is 17.0. The number of ether oxygens (including phenoxy) is 1. The molecular weight excluding hydrogens is 390 g/mol. The third-order valence-electron chi connectivity index (χ3n) is 4.47. The van der Waals surface area contributed by atoms with E-state index in [4.69, 9.17) is 4.74 Å². The van der Waals surface area contributed by atoms with Crippen molar-refractivity contribution in [1.82, 2.24) is 10.2 Å². The quantitative estimate of drug-likeness (QED) is 0.573. The fourth-order valence-corrected chi connectivity index (χ4v) is 4.94. The Morgan fingerprint density at radius 1 is 1.14 bits per heavy atom. The lowest BCUT2D eigenvalue weighted by molar-refractivity contribution is 0.102. The molecule has 0 aliphatic carbocycles. The SMILES string of the molecule is O=C(Nc1nnc(Cc2ccccc2)s1)c1ccccc1SCC1CCCO1. The number of nitrogens with zero attached hydrogens (tertiary/aromatic N) is 2. The molecule has 2 aromatic carbocycles. The van der Waals surface area contributed by atoms with Crippen LogP contribution in [-0.2, 0) is 11.2 Å². The van der Waals surface area contributed by atoms with E-state index in [-0.39, 0.29) is 12.0 Å². The summed E-state index contributed by atoms with van der Waals surface area (Å²) >= 11 is 3.08. The molecule has 7 heteroatoms. The van der Waals surface area contributed by atoms with Gasteiger partial charge in [-0.1, -0.05) is 53.8 Å². The first-order valence-electron chi connectivity index (χ1n) is 9.29. The van der Waals surface area contributed by atoms with E-state index in [1.165, 1.54) is 16.9 Å². The van der Waals surface area contributed by atoms with Crippen molar-refractivity contribution in [2.75, 3.05) is 17.7 Å². The molecule has 4 rings (SSSR count). The van der Waals surface area contributed by atoms with Gasteiger partial charge in [-0.3, -0.25) is 10.1 Å². The van der Waals surface area contributed by atoms with Gasteiger partial charge in [0.05, 0.1) is 11.7 Å². The molecule has 5 nitrogen and oxygen atoms in total. The Balaban J connectivity index is 1.39. The van der Waals surface area contributed by atoms with Gasteiger partial charge in [0, 0.05) is 23.7 Å². The molecule has 1 aliphatic rings. The van der Waals surface area contributed by atoms with Crippen molar-refractivity contribution in [3.05, 3.63) is 70.7 Å². The van der Waals surface area contributed by atoms with Crippen LogP contribution in [0.3, 0.4) is 0 Å². The molecule has 0 spiro atoms. The van der Waals surface area contributed by atoms with Gasteiger partial charge in [-0.15, -0.1) is 22.0 Å². The first kappa shape index (κ1) is 19.1. The molecule has 0 saturated carbocycles. The highest BCUT2D eigenvalue weighted by molar-refractivity contribution is 7.99. The van der Waals surface area contributed by atoms with Crippen LogP contribution in [0, 0.1) is 0 Å². The highest BCUT2D eigenvalue weighted by Crippen LogP contribution is 2.28. The van der Waals surface area contributed by atoms with Gasteiger partial charge >= 0.3 is 0 Å². The number of benzene rings is 2. The van der Waals surface area contributed by atoms with Crippen molar-refractivity contribution in [2.24, 2.45) is 0 Å². The van der Waals surface area contributed by atoms with Crippen molar-refractivity contribution in [3.8, 4) is 0 Å².